The van der Waals surface area contributed by atoms with E-state index < -0.39 is 16.0 Å². The van der Waals surface area contributed by atoms with E-state index in [1.807, 2.05) is 6.07 Å². The van der Waals surface area contributed by atoms with Crippen molar-refractivity contribution in [2.75, 3.05) is 27.7 Å². The van der Waals surface area contributed by atoms with Crippen LogP contribution in [0, 0.1) is 0 Å². The minimum atomic E-state index is -3.51. The molecule has 0 amide bonds. The molecule has 0 radical (unpaired) electrons. The van der Waals surface area contributed by atoms with Gasteiger partial charge in [0, 0.05) is 24.3 Å². The Balaban J connectivity index is 1.66. The smallest absolute Gasteiger partial charge is 0.337 e. The Labute approximate surface area is 195 Å². The molecule has 0 saturated heterocycles. The summed E-state index contributed by atoms with van der Waals surface area (Å²) in [5, 5.41) is 16.4. The van der Waals surface area contributed by atoms with Gasteiger partial charge in [0.1, 0.15) is 5.65 Å². The molecule has 4 N–H and O–H groups in total. The highest BCUT2D eigenvalue weighted by Gasteiger charge is 2.20. The van der Waals surface area contributed by atoms with Crippen LogP contribution in [0.5, 0.6) is 0 Å². The second-order valence-corrected chi connectivity index (χ2v) is 9.27. The molecule has 176 valence electrons. The lowest BCUT2D eigenvalue weighted by atomic mass is 10.2. The fourth-order valence-corrected chi connectivity index (χ4v) is 4.48. The molecule has 0 unspecified atom stereocenters. The fourth-order valence-electron chi connectivity index (χ4n) is 3.55. The number of fused-ring (bicyclic) bond motifs is 1. The first-order chi connectivity index (χ1) is 16.3. The van der Waals surface area contributed by atoms with Gasteiger partial charge in [0.25, 0.3) is 0 Å². The fraction of sp³-hybridized carbons (Fsp3) is 0.182. The number of hydrogen-bond donors (Lipinski definition) is 4. The second-order valence-electron chi connectivity index (χ2n) is 7.37. The SMILES string of the molecule is CCN(c1ncccc1NCc1nc(Nc2ccccc2C(=O)O)nc2[nH]ccc12)S(C)(=O)=O. The largest absolute Gasteiger partial charge is 0.478 e. The molecule has 0 saturated carbocycles. The summed E-state index contributed by atoms with van der Waals surface area (Å²) in [4.78, 5) is 27.9. The third kappa shape index (κ3) is 4.76. The summed E-state index contributed by atoms with van der Waals surface area (Å²) < 4.78 is 25.6. The number of nitrogens with one attached hydrogen (secondary N) is 3. The van der Waals surface area contributed by atoms with E-state index in [-0.39, 0.29) is 24.6 Å². The van der Waals surface area contributed by atoms with Crippen molar-refractivity contribution in [1.82, 2.24) is 19.9 Å². The first-order valence-corrected chi connectivity index (χ1v) is 12.2. The van der Waals surface area contributed by atoms with Gasteiger partial charge in [0.05, 0.1) is 35.4 Å². The van der Waals surface area contributed by atoms with Crippen molar-refractivity contribution < 1.29 is 18.3 Å². The average molecular weight is 482 g/mol. The van der Waals surface area contributed by atoms with Crippen LogP contribution in [-0.2, 0) is 16.6 Å². The molecule has 3 aromatic heterocycles. The number of carbonyl (C=O) groups is 1. The molecule has 4 aromatic rings. The first kappa shape index (κ1) is 23.0. The van der Waals surface area contributed by atoms with E-state index in [0.29, 0.717) is 28.5 Å². The summed E-state index contributed by atoms with van der Waals surface area (Å²) >= 11 is 0. The van der Waals surface area contributed by atoms with Crippen molar-refractivity contribution in [3.8, 4) is 0 Å². The summed E-state index contributed by atoms with van der Waals surface area (Å²) in [5.74, 6) is -0.555. The predicted molar refractivity (Wildman–Crippen MR) is 130 cm³/mol. The lowest BCUT2D eigenvalue weighted by Gasteiger charge is -2.22. The molecule has 0 bridgehead atoms. The van der Waals surface area contributed by atoms with Crippen LogP contribution in [0.25, 0.3) is 11.0 Å². The molecule has 1 aromatic carbocycles. The number of carboxylic acids is 1. The minimum absolute atomic E-state index is 0.0952. The summed E-state index contributed by atoms with van der Waals surface area (Å²) in [6.45, 7) is 2.21. The quantitative estimate of drug-likeness (QED) is 0.282. The summed E-state index contributed by atoms with van der Waals surface area (Å²) in [6, 6.07) is 11.8. The van der Waals surface area contributed by atoms with Crippen LogP contribution in [0.15, 0.2) is 54.9 Å². The molecule has 0 aliphatic heterocycles. The molecule has 0 fully saturated rings. The van der Waals surface area contributed by atoms with Crippen molar-refractivity contribution in [3.05, 3.63) is 66.1 Å². The van der Waals surface area contributed by atoms with Crippen LogP contribution in [-0.4, -0.2) is 52.2 Å². The zero-order chi connectivity index (χ0) is 24.3. The number of H-pyrrole nitrogens is 1. The molecule has 11 nitrogen and oxygen atoms in total. The number of benzene rings is 1. The summed E-state index contributed by atoms with van der Waals surface area (Å²) in [7, 11) is -3.51. The topological polar surface area (TPSA) is 153 Å². The Kier molecular flexibility index (Phi) is 6.32. The number of para-hydroxylation sites is 1. The van der Waals surface area contributed by atoms with Gasteiger partial charge in [-0.15, -0.1) is 0 Å². The number of aromatic carboxylic acids is 1. The molecule has 0 aliphatic rings. The summed E-state index contributed by atoms with van der Waals surface area (Å²) in [5.41, 5.74) is 2.18. The number of nitrogens with zero attached hydrogens (tertiary/aromatic N) is 4. The van der Waals surface area contributed by atoms with Crippen molar-refractivity contribution in [1.29, 1.82) is 0 Å². The molecule has 0 spiro atoms. The Bertz CT molecular complexity index is 1450. The first-order valence-electron chi connectivity index (χ1n) is 10.4. The van der Waals surface area contributed by atoms with E-state index in [1.165, 1.54) is 16.6 Å². The second kappa shape index (κ2) is 9.35. The Hall–Kier alpha value is -4.19. The van der Waals surface area contributed by atoms with Gasteiger partial charge in [0.15, 0.2) is 5.82 Å². The van der Waals surface area contributed by atoms with Crippen molar-refractivity contribution >= 4 is 50.2 Å². The van der Waals surface area contributed by atoms with E-state index >= 15 is 0 Å². The van der Waals surface area contributed by atoms with Gasteiger partial charge in [-0.05, 0) is 37.3 Å². The van der Waals surface area contributed by atoms with Gasteiger partial charge >= 0.3 is 5.97 Å². The molecule has 3 heterocycles. The highest BCUT2D eigenvalue weighted by atomic mass is 32.2. The lowest BCUT2D eigenvalue weighted by molar-refractivity contribution is 0.0698. The maximum atomic E-state index is 12.2. The monoisotopic (exact) mass is 481 g/mol. The molecule has 4 rings (SSSR count). The van der Waals surface area contributed by atoms with Crippen LogP contribution in [0.4, 0.5) is 23.1 Å². The third-order valence-electron chi connectivity index (χ3n) is 5.06. The number of aromatic amines is 1. The van der Waals surface area contributed by atoms with Gasteiger partial charge in [-0.3, -0.25) is 4.31 Å². The number of anilines is 4. The van der Waals surface area contributed by atoms with Crippen molar-refractivity contribution in [3.63, 3.8) is 0 Å². The molecule has 12 heteroatoms. The van der Waals surface area contributed by atoms with Crippen molar-refractivity contribution in [2.45, 2.75) is 13.5 Å². The highest BCUT2D eigenvalue weighted by molar-refractivity contribution is 7.92. The van der Waals surface area contributed by atoms with Crippen LogP contribution < -0.4 is 14.9 Å². The number of sulfonamides is 1. The van der Waals surface area contributed by atoms with Gasteiger partial charge in [-0.2, -0.15) is 4.98 Å². The van der Waals surface area contributed by atoms with Crippen molar-refractivity contribution in [2.24, 2.45) is 0 Å². The predicted octanol–water partition coefficient (Wildman–Crippen LogP) is 3.19. The Morgan fingerprint density at radius 3 is 2.62 bits per heavy atom. The molecule has 0 aliphatic carbocycles. The number of pyridine rings is 1. The zero-order valence-electron chi connectivity index (χ0n) is 18.5. The molecular weight excluding hydrogens is 458 g/mol. The van der Waals surface area contributed by atoms with E-state index in [1.54, 1.807) is 43.5 Å². The highest BCUT2D eigenvalue weighted by Crippen LogP contribution is 2.27. The lowest BCUT2D eigenvalue weighted by Crippen LogP contribution is -2.31. The normalized spacial score (nSPS) is 11.4. The summed E-state index contributed by atoms with van der Waals surface area (Å²) in [6.07, 6.45) is 4.40. The van der Waals surface area contributed by atoms with E-state index in [2.05, 4.69) is 30.6 Å². The number of carboxylic acid groups (broad SMARTS) is 1. The van der Waals surface area contributed by atoms with Gasteiger partial charge in [-0.25, -0.2) is 23.2 Å². The average Bonchev–Trinajstić information content (AvgIpc) is 3.27. The third-order valence-corrected chi connectivity index (χ3v) is 6.29. The number of rotatable bonds is 9. The van der Waals surface area contributed by atoms with Crippen LogP contribution in [0.3, 0.4) is 0 Å². The molecular formula is C22H23N7O4S. The van der Waals surface area contributed by atoms with Crippen LogP contribution in [0.1, 0.15) is 23.0 Å². The van der Waals surface area contributed by atoms with Crippen LogP contribution in [0.2, 0.25) is 0 Å². The van der Waals surface area contributed by atoms with Crippen LogP contribution >= 0.6 is 0 Å². The Morgan fingerprint density at radius 1 is 1.12 bits per heavy atom. The molecule has 0 atom stereocenters. The van der Waals surface area contributed by atoms with E-state index in [0.717, 1.165) is 11.6 Å². The van der Waals surface area contributed by atoms with E-state index in [4.69, 9.17) is 0 Å². The minimum Gasteiger partial charge on any atom is -0.478 e. The van der Waals surface area contributed by atoms with Gasteiger partial charge in [0.2, 0.25) is 16.0 Å². The standard InChI is InChI=1S/C22H23N7O4S/c1-3-29(34(2,32)33)20-17(9-6-11-24-20)25-13-18-14-10-12-23-19(14)28-22(27-18)26-16-8-5-4-7-15(16)21(30)31/h4-12,25H,3,13H2,1-2H3,(H,30,31)(H2,23,26,27,28). The van der Waals surface area contributed by atoms with Gasteiger partial charge < -0.3 is 20.7 Å². The number of aromatic nitrogens is 4. The zero-order valence-corrected chi connectivity index (χ0v) is 19.3. The van der Waals surface area contributed by atoms with E-state index in [9.17, 15) is 18.3 Å². The maximum absolute atomic E-state index is 12.2. The van der Waals surface area contributed by atoms with Gasteiger partial charge in [-0.1, -0.05) is 12.1 Å². The Morgan fingerprint density at radius 2 is 1.88 bits per heavy atom. The number of hydrogen-bond acceptors (Lipinski definition) is 8. The molecule has 34 heavy (non-hydrogen) atoms. The maximum Gasteiger partial charge on any atom is 0.337 e.